The Hall–Kier alpha value is -1.37. The van der Waals surface area contributed by atoms with Crippen LogP contribution < -0.4 is 5.73 Å². The molecule has 0 amide bonds. The summed E-state index contributed by atoms with van der Waals surface area (Å²) in [7, 11) is 0. The van der Waals surface area contributed by atoms with Crippen LogP contribution in [-0.4, -0.2) is 24.0 Å². The molecule has 96 valence electrons. The molecule has 1 fully saturated rings. The van der Waals surface area contributed by atoms with Crippen LogP contribution in [0.3, 0.4) is 0 Å². The van der Waals surface area contributed by atoms with Crippen LogP contribution in [0.5, 0.6) is 0 Å². The summed E-state index contributed by atoms with van der Waals surface area (Å²) in [4.78, 5) is 2.50. The molecule has 1 heterocycles. The number of hydrogen-bond donors (Lipinski definition) is 1. The van der Waals surface area contributed by atoms with E-state index >= 15 is 0 Å². The molecule has 0 saturated carbocycles. The summed E-state index contributed by atoms with van der Waals surface area (Å²) < 4.78 is 0. The molecule has 0 spiro atoms. The van der Waals surface area contributed by atoms with Crippen molar-refractivity contribution in [2.75, 3.05) is 13.1 Å². The van der Waals surface area contributed by atoms with Crippen molar-refractivity contribution in [3.05, 3.63) is 35.4 Å². The van der Waals surface area contributed by atoms with Crippen LogP contribution in [0, 0.1) is 11.3 Å². The highest BCUT2D eigenvalue weighted by molar-refractivity contribution is 5.33. The van der Waals surface area contributed by atoms with Crippen molar-refractivity contribution >= 4 is 0 Å². The molecular formula is C15H21N3. The Morgan fingerprint density at radius 2 is 2.11 bits per heavy atom. The Balaban J connectivity index is 2.19. The Bertz CT molecular complexity index is 418. The molecule has 2 N–H and O–H groups in total. The number of benzene rings is 1. The number of nitrogens with zero attached hydrogens (tertiary/aromatic N) is 2. The van der Waals surface area contributed by atoms with Gasteiger partial charge in [0.25, 0.3) is 0 Å². The van der Waals surface area contributed by atoms with Gasteiger partial charge in [0.05, 0.1) is 11.6 Å². The molecule has 1 aliphatic heterocycles. The molecule has 2 unspecified atom stereocenters. The van der Waals surface area contributed by atoms with E-state index in [1.54, 1.807) is 0 Å². The molecule has 1 saturated heterocycles. The van der Waals surface area contributed by atoms with Gasteiger partial charge in [-0.3, -0.25) is 4.90 Å². The lowest BCUT2D eigenvalue weighted by atomic mass is 9.93. The maximum Gasteiger partial charge on any atom is 0.0991 e. The summed E-state index contributed by atoms with van der Waals surface area (Å²) in [5.74, 6) is 0. The van der Waals surface area contributed by atoms with Crippen molar-refractivity contribution in [2.45, 2.75) is 38.3 Å². The monoisotopic (exact) mass is 243 g/mol. The average molecular weight is 243 g/mol. The molecule has 2 atom stereocenters. The van der Waals surface area contributed by atoms with E-state index in [1.165, 1.54) is 24.8 Å². The topological polar surface area (TPSA) is 53.0 Å². The van der Waals surface area contributed by atoms with Crippen molar-refractivity contribution < 1.29 is 0 Å². The summed E-state index contributed by atoms with van der Waals surface area (Å²) in [6, 6.07) is 11.1. The summed E-state index contributed by atoms with van der Waals surface area (Å²) in [5, 5.41) is 8.84. The van der Waals surface area contributed by atoms with E-state index in [1.807, 2.05) is 12.1 Å². The molecule has 3 heteroatoms. The van der Waals surface area contributed by atoms with Crippen molar-refractivity contribution in [3.8, 4) is 6.07 Å². The summed E-state index contributed by atoms with van der Waals surface area (Å²) in [5.41, 5.74) is 7.85. The van der Waals surface area contributed by atoms with Gasteiger partial charge in [0, 0.05) is 18.6 Å². The minimum Gasteiger partial charge on any atom is -0.329 e. The molecular weight excluding hydrogens is 222 g/mol. The van der Waals surface area contributed by atoms with E-state index in [0.29, 0.717) is 18.6 Å². The fourth-order valence-corrected chi connectivity index (χ4v) is 2.75. The van der Waals surface area contributed by atoms with Crippen molar-refractivity contribution in [2.24, 2.45) is 5.73 Å². The molecule has 1 aliphatic rings. The minimum atomic E-state index is 0.422. The molecule has 0 bridgehead atoms. The van der Waals surface area contributed by atoms with Gasteiger partial charge in [-0.05, 0) is 44.0 Å². The highest BCUT2D eigenvalue weighted by atomic mass is 15.2. The number of nitriles is 1. The third-order valence-corrected chi connectivity index (χ3v) is 3.88. The summed E-state index contributed by atoms with van der Waals surface area (Å²) >= 11 is 0. The third kappa shape index (κ3) is 2.72. The zero-order chi connectivity index (χ0) is 13.0. The highest BCUT2D eigenvalue weighted by Gasteiger charge is 2.26. The van der Waals surface area contributed by atoms with E-state index in [4.69, 9.17) is 11.0 Å². The first-order valence-electron chi connectivity index (χ1n) is 6.72. The van der Waals surface area contributed by atoms with E-state index in [9.17, 15) is 0 Å². The lowest BCUT2D eigenvalue weighted by Gasteiger charge is -2.39. The number of rotatable bonds is 3. The molecule has 0 aliphatic carbocycles. The maximum atomic E-state index is 8.84. The van der Waals surface area contributed by atoms with Gasteiger partial charge >= 0.3 is 0 Å². The van der Waals surface area contributed by atoms with Crippen LogP contribution in [0.25, 0.3) is 0 Å². The number of nitrogens with two attached hydrogens (primary N) is 1. The molecule has 1 aromatic rings. The van der Waals surface area contributed by atoms with Crippen molar-refractivity contribution in [1.29, 1.82) is 5.26 Å². The smallest absolute Gasteiger partial charge is 0.0991 e. The molecule has 0 aromatic heterocycles. The Kier molecular flexibility index (Phi) is 4.35. The highest BCUT2D eigenvalue weighted by Crippen LogP contribution is 2.32. The SMILES string of the molecule is CC(CN)N1CCCCC1c1ccc(C#N)cc1. The van der Waals surface area contributed by atoms with Crippen LogP contribution in [0.1, 0.15) is 43.4 Å². The fraction of sp³-hybridized carbons (Fsp3) is 0.533. The molecule has 0 radical (unpaired) electrons. The second-order valence-electron chi connectivity index (χ2n) is 5.07. The van der Waals surface area contributed by atoms with Gasteiger partial charge < -0.3 is 5.73 Å². The molecule has 3 nitrogen and oxygen atoms in total. The van der Waals surface area contributed by atoms with Crippen LogP contribution in [0.2, 0.25) is 0 Å². The van der Waals surface area contributed by atoms with Crippen LogP contribution in [0.15, 0.2) is 24.3 Å². The van der Waals surface area contributed by atoms with Gasteiger partial charge in [0.2, 0.25) is 0 Å². The van der Waals surface area contributed by atoms with Gasteiger partial charge in [-0.15, -0.1) is 0 Å². The number of piperidine rings is 1. The second kappa shape index (κ2) is 5.99. The predicted octanol–water partition coefficient (Wildman–Crippen LogP) is 2.43. The largest absolute Gasteiger partial charge is 0.329 e. The van der Waals surface area contributed by atoms with E-state index in [2.05, 4.69) is 30.0 Å². The standard InChI is InChI=1S/C15H21N3/c1-12(10-16)18-9-3-2-4-15(18)14-7-5-13(11-17)6-8-14/h5-8,12,15H,2-4,9-10,16H2,1H3. The quantitative estimate of drug-likeness (QED) is 0.887. The zero-order valence-corrected chi connectivity index (χ0v) is 11.0. The molecule has 1 aromatic carbocycles. The van der Waals surface area contributed by atoms with Gasteiger partial charge in [-0.1, -0.05) is 18.6 Å². The lowest BCUT2D eigenvalue weighted by molar-refractivity contribution is 0.107. The van der Waals surface area contributed by atoms with Gasteiger partial charge in [-0.25, -0.2) is 0 Å². The van der Waals surface area contributed by atoms with Crippen molar-refractivity contribution in [1.82, 2.24) is 4.90 Å². The minimum absolute atomic E-state index is 0.422. The normalized spacial score (nSPS) is 22.4. The van der Waals surface area contributed by atoms with Gasteiger partial charge in [-0.2, -0.15) is 5.26 Å². The number of likely N-dealkylation sites (tertiary alicyclic amines) is 1. The number of hydrogen-bond acceptors (Lipinski definition) is 3. The second-order valence-corrected chi connectivity index (χ2v) is 5.07. The first-order valence-corrected chi connectivity index (χ1v) is 6.72. The van der Waals surface area contributed by atoms with E-state index < -0.39 is 0 Å². The lowest BCUT2D eigenvalue weighted by Crippen LogP contribution is -2.43. The van der Waals surface area contributed by atoms with E-state index in [0.717, 1.165) is 12.1 Å². The van der Waals surface area contributed by atoms with Gasteiger partial charge in [0.15, 0.2) is 0 Å². The third-order valence-electron chi connectivity index (χ3n) is 3.88. The Morgan fingerprint density at radius 3 is 2.72 bits per heavy atom. The first-order chi connectivity index (χ1) is 8.76. The van der Waals surface area contributed by atoms with Crippen molar-refractivity contribution in [3.63, 3.8) is 0 Å². The molecule has 18 heavy (non-hydrogen) atoms. The van der Waals surface area contributed by atoms with E-state index in [-0.39, 0.29) is 0 Å². The van der Waals surface area contributed by atoms with Crippen LogP contribution in [-0.2, 0) is 0 Å². The van der Waals surface area contributed by atoms with Crippen LogP contribution >= 0.6 is 0 Å². The zero-order valence-electron chi connectivity index (χ0n) is 11.0. The fourth-order valence-electron chi connectivity index (χ4n) is 2.75. The summed E-state index contributed by atoms with van der Waals surface area (Å²) in [6.45, 7) is 4.03. The van der Waals surface area contributed by atoms with Gasteiger partial charge in [0.1, 0.15) is 0 Å². The summed E-state index contributed by atoms with van der Waals surface area (Å²) in [6.07, 6.45) is 3.73. The first kappa shape index (κ1) is 13.1. The predicted molar refractivity (Wildman–Crippen MR) is 73.0 cm³/mol. The van der Waals surface area contributed by atoms with Crippen LogP contribution in [0.4, 0.5) is 0 Å². The Labute approximate surface area is 109 Å². The Morgan fingerprint density at radius 1 is 1.39 bits per heavy atom. The molecule has 2 rings (SSSR count). The average Bonchev–Trinajstić information content (AvgIpc) is 2.46. The maximum absolute atomic E-state index is 8.84.